The first-order chi connectivity index (χ1) is 11.8. The summed E-state index contributed by atoms with van der Waals surface area (Å²) in [5, 5.41) is 9.52. The van der Waals surface area contributed by atoms with E-state index in [1.165, 1.54) is 11.1 Å². The van der Waals surface area contributed by atoms with Gasteiger partial charge in [0.25, 0.3) is 0 Å². The molecule has 2 heteroatoms. The van der Waals surface area contributed by atoms with Crippen LogP contribution in [0.3, 0.4) is 0 Å². The molecule has 0 fully saturated rings. The van der Waals surface area contributed by atoms with Crippen LogP contribution in [0.1, 0.15) is 30.5 Å². The highest BCUT2D eigenvalue weighted by Crippen LogP contribution is 2.24. The third kappa shape index (κ3) is 5.19. The molecule has 0 aliphatic rings. The Morgan fingerprint density at radius 1 is 1.04 bits per heavy atom. The molecule has 0 saturated heterocycles. The Morgan fingerprint density at radius 2 is 1.67 bits per heavy atom. The molecule has 24 heavy (non-hydrogen) atoms. The Balaban J connectivity index is 2.23. The van der Waals surface area contributed by atoms with E-state index in [9.17, 15) is 5.11 Å². The van der Waals surface area contributed by atoms with Crippen LogP contribution in [0.15, 0.2) is 79.4 Å². The molecule has 2 nitrogen and oxygen atoms in total. The fourth-order valence-corrected chi connectivity index (χ4v) is 2.94. The van der Waals surface area contributed by atoms with Crippen molar-refractivity contribution in [3.63, 3.8) is 0 Å². The first-order valence-electron chi connectivity index (χ1n) is 8.52. The zero-order chi connectivity index (χ0) is 17.2. The van der Waals surface area contributed by atoms with E-state index in [2.05, 4.69) is 67.0 Å². The second-order valence-electron chi connectivity index (χ2n) is 5.92. The summed E-state index contributed by atoms with van der Waals surface area (Å²) in [4.78, 5) is 2.37. The summed E-state index contributed by atoms with van der Waals surface area (Å²) in [6.45, 7) is 7.06. The predicted octanol–water partition coefficient (Wildman–Crippen LogP) is 4.70. The van der Waals surface area contributed by atoms with Crippen molar-refractivity contribution < 1.29 is 5.11 Å². The molecular formula is C22H27NO. The quantitative estimate of drug-likeness (QED) is 0.677. The molecule has 0 heterocycles. The van der Waals surface area contributed by atoms with Crippen LogP contribution in [0.25, 0.3) is 6.08 Å². The fraction of sp³-hybridized carbons (Fsp3) is 0.273. The molecule has 0 bridgehead atoms. The number of benzene rings is 2. The van der Waals surface area contributed by atoms with Crippen molar-refractivity contribution in [1.29, 1.82) is 0 Å². The van der Waals surface area contributed by atoms with E-state index in [-0.39, 0.29) is 18.7 Å². The third-order valence-electron chi connectivity index (χ3n) is 4.28. The molecule has 2 rings (SSSR count). The lowest BCUT2D eigenvalue weighted by molar-refractivity contribution is 0.159. The van der Waals surface area contributed by atoms with Crippen molar-refractivity contribution >= 4 is 6.08 Å². The molecule has 0 unspecified atom stereocenters. The maximum Gasteiger partial charge on any atom is 0.0449 e. The lowest BCUT2D eigenvalue weighted by Gasteiger charge is -2.34. The topological polar surface area (TPSA) is 23.5 Å². The summed E-state index contributed by atoms with van der Waals surface area (Å²) in [6, 6.07) is 21.1. The first-order valence-corrected chi connectivity index (χ1v) is 8.52. The lowest BCUT2D eigenvalue weighted by Crippen LogP contribution is -2.37. The van der Waals surface area contributed by atoms with Crippen LogP contribution in [0.4, 0.5) is 0 Å². The van der Waals surface area contributed by atoms with E-state index < -0.39 is 0 Å². The summed E-state index contributed by atoms with van der Waals surface area (Å²) in [6.07, 6.45) is 6.96. The molecule has 0 aromatic heterocycles. The maximum atomic E-state index is 9.52. The average molecular weight is 321 g/mol. The number of hydrogen-bond acceptors (Lipinski definition) is 2. The van der Waals surface area contributed by atoms with Crippen LogP contribution in [-0.4, -0.2) is 29.2 Å². The van der Waals surface area contributed by atoms with Crippen LogP contribution in [0, 0.1) is 0 Å². The zero-order valence-electron chi connectivity index (χ0n) is 14.4. The van der Waals surface area contributed by atoms with Crippen molar-refractivity contribution in [1.82, 2.24) is 4.90 Å². The second kappa shape index (κ2) is 9.86. The van der Waals surface area contributed by atoms with Gasteiger partial charge in [0.1, 0.15) is 0 Å². The Kier molecular flexibility index (Phi) is 7.47. The number of aliphatic hydroxyl groups excluding tert-OH is 1. The van der Waals surface area contributed by atoms with Gasteiger partial charge in [0.2, 0.25) is 0 Å². The van der Waals surface area contributed by atoms with E-state index in [0.717, 1.165) is 6.54 Å². The minimum absolute atomic E-state index is 0.156. The van der Waals surface area contributed by atoms with Gasteiger partial charge < -0.3 is 5.11 Å². The van der Waals surface area contributed by atoms with Gasteiger partial charge in [-0.15, -0.1) is 6.58 Å². The van der Waals surface area contributed by atoms with Gasteiger partial charge in [-0.2, -0.15) is 0 Å². The van der Waals surface area contributed by atoms with Crippen LogP contribution in [-0.2, 0) is 0 Å². The van der Waals surface area contributed by atoms with Crippen molar-refractivity contribution in [2.75, 3.05) is 13.2 Å². The summed E-state index contributed by atoms with van der Waals surface area (Å²) in [5.74, 6) is 0. The molecule has 0 radical (unpaired) electrons. The van der Waals surface area contributed by atoms with Crippen molar-refractivity contribution in [3.05, 3.63) is 90.5 Å². The molecule has 0 saturated carbocycles. The molecule has 0 spiro atoms. The third-order valence-corrected chi connectivity index (χ3v) is 4.28. The predicted molar refractivity (Wildman–Crippen MR) is 103 cm³/mol. The highest BCUT2D eigenvalue weighted by atomic mass is 16.3. The van der Waals surface area contributed by atoms with Crippen LogP contribution in [0.5, 0.6) is 0 Å². The monoisotopic (exact) mass is 321 g/mol. The summed E-state index contributed by atoms with van der Waals surface area (Å²) >= 11 is 0. The Hall–Kier alpha value is -2.16. The van der Waals surface area contributed by atoms with E-state index in [0.29, 0.717) is 6.42 Å². The minimum atomic E-state index is 0.156. The largest absolute Gasteiger partial charge is 0.396 e. The van der Waals surface area contributed by atoms with Gasteiger partial charge in [0.05, 0.1) is 0 Å². The summed E-state index contributed by atoms with van der Waals surface area (Å²) in [7, 11) is 0. The minimum Gasteiger partial charge on any atom is -0.396 e. The fourth-order valence-electron chi connectivity index (χ4n) is 2.94. The highest BCUT2D eigenvalue weighted by molar-refractivity contribution is 5.49. The first kappa shape index (κ1) is 18.2. The number of rotatable bonds is 9. The molecule has 1 N–H and O–H groups in total. The van der Waals surface area contributed by atoms with Gasteiger partial charge in [-0.1, -0.05) is 78.9 Å². The SMILES string of the molecule is C=CCN([C@H](/C=C/c1ccccc1)CCO)[C@H](C)c1ccccc1. The van der Waals surface area contributed by atoms with Crippen molar-refractivity contribution in [2.24, 2.45) is 0 Å². The molecule has 2 aromatic rings. The second-order valence-corrected chi connectivity index (χ2v) is 5.92. The van der Waals surface area contributed by atoms with Gasteiger partial charge in [-0.05, 0) is 24.5 Å². The van der Waals surface area contributed by atoms with E-state index in [4.69, 9.17) is 0 Å². The van der Waals surface area contributed by atoms with Gasteiger partial charge in [-0.3, -0.25) is 4.90 Å². The standard InChI is InChI=1S/C22H27NO/c1-3-17-23(19(2)21-12-8-5-9-13-21)22(16-18-24)15-14-20-10-6-4-7-11-20/h3-15,19,22,24H,1,16-18H2,2H3/b15-14+/t19-,22-/m1/s1. The van der Waals surface area contributed by atoms with Gasteiger partial charge >= 0.3 is 0 Å². The van der Waals surface area contributed by atoms with E-state index in [1.54, 1.807) is 0 Å². The molecule has 2 atom stereocenters. The van der Waals surface area contributed by atoms with Gasteiger partial charge in [-0.25, -0.2) is 0 Å². The van der Waals surface area contributed by atoms with E-state index in [1.807, 2.05) is 30.3 Å². The highest BCUT2D eigenvalue weighted by Gasteiger charge is 2.21. The zero-order valence-corrected chi connectivity index (χ0v) is 14.4. The molecule has 0 aliphatic heterocycles. The van der Waals surface area contributed by atoms with Crippen LogP contribution in [0.2, 0.25) is 0 Å². The van der Waals surface area contributed by atoms with Crippen LogP contribution >= 0.6 is 0 Å². The Labute approximate surface area is 145 Å². The molecule has 0 amide bonds. The molecule has 0 aliphatic carbocycles. The number of hydrogen-bond donors (Lipinski definition) is 1. The van der Waals surface area contributed by atoms with Crippen molar-refractivity contribution in [3.8, 4) is 0 Å². The Bertz CT molecular complexity index is 621. The van der Waals surface area contributed by atoms with Gasteiger partial charge in [0.15, 0.2) is 0 Å². The van der Waals surface area contributed by atoms with E-state index >= 15 is 0 Å². The van der Waals surface area contributed by atoms with Crippen LogP contribution < -0.4 is 0 Å². The van der Waals surface area contributed by atoms with Crippen molar-refractivity contribution in [2.45, 2.75) is 25.4 Å². The smallest absolute Gasteiger partial charge is 0.0449 e. The summed E-state index contributed by atoms with van der Waals surface area (Å²) in [5.41, 5.74) is 2.45. The molecule has 2 aromatic carbocycles. The number of aliphatic hydroxyl groups is 1. The normalized spacial score (nSPS) is 14.0. The molecule has 126 valence electrons. The maximum absolute atomic E-state index is 9.52. The number of nitrogens with zero attached hydrogens (tertiary/aromatic N) is 1. The Morgan fingerprint density at radius 3 is 2.25 bits per heavy atom. The lowest BCUT2D eigenvalue weighted by atomic mass is 10.0. The average Bonchev–Trinajstić information content (AvgIpc) is 2.64. The summed E-state index contributed by atoms with van der Waals surface area (Å²) < 4.78 is 0. The molecular weight excluding hydrogens is 294 g/mol. The van der Waals surface area contributed by atoms with Gasteiger partial charge in [0, 0.05) is 25.2 Å².